The predicted molar refractivity (Wildman–Crippen MR) is 75.8 cm³/mol. The first kappa shape index (κ1) is 16.0. The third kappa shape index (κ3) is 4.49. The van der Waals surface area contributed by atoms with Crippen molar-refractivity contribution >= 4 is 11.8 Å². The summed E-state index contributed by atoms with van der Waals surface area (Å²) < 4.78 is 0. The first-order valence-corrected chi connectivity index (χ1v) is 7.39. The molecule has 0 aromatic carbocycles. The molecule has 0 aromatic heterocycles. The van der Waals surface area contributed by atoms with Crippen molar-refractivity contribution in [1.82, 2.24) is 15.5 Å². The number of nitrogens with zero attached hydrogens (tertiary/aromatic N) is 1. The van der Waals surface area contributed by atoms with E-state index in [0.29, 0.717) is 6.54 Å². The summed E-state index contributed by atoms with van der Waals surface area (Å²) in [5.74, 6) is 0.00894. The minimum Gasteiger partial charge on any atom is -0.355 e. The van der Waals surface area contributed by atoms with Crippen LogP contribution in [0.2, 0.25) is 0 Å². The van der Waals surface area contributed by atoms with Crippen LogP contribution in [0.15, 0.2) is 0 Å². The summed E-state index contributed by atoms with van der Waals surface area (Å²) in [4.78, 5) is 26.1. The van der Waals surface area contributed by atoms with Crippen molar-refractivity contribution in [1.29, 1.82) is 0 Å². The van der Waals surface area contributed by atoms with E-state index in [1.54, 1.807) is 11.9 Å². The Hall–Kier alpha value is -1.10. The smallest absolute Gasteiger partial charge is 0.242 e. The number of hydrogen-bond donors (Lipinski definition) is 2. The molecular formula is C14H27N3O2. The van der Waals surface area contributed by atoms with Gasteiger partial charge in [-0.1, -0.05) is 19.8 Å². The third-order valence-electron chi connectivity index (χ3n) is 3.66. The Kier molecular flexibility index (Phi) is 6.84. The predicted octanol–water partition coefficient (Wildman–Crippen LogP) is 0.892. The first-order valence-electron chi connectivity index (χ1n) is 7.39. The Labute approximate surface area is 116 Å². The van der Waals surface area contributed by atoms with Crippen LogP contribution in [0.4, 0.5) is 0 Å². The van der Waals surface area contributed by atoms with Gasteiger partial charge in [-0.05, 0) is 32.7 Å². The minimum atomic E-state index is -0.338. The molecule has 1 aliphatic heterocycles. The van der Waals surface area contributed by atoms with Gasteiger partial charge in [-0.25, -0.2) is 0 Å². The highest BCUT2D eigenvalue weighted by Gasteiger charge is 2.31. The number of amides is 2. The lowest BCUT2D eigenvalue weighted by Crippen LogP contribution is -2.52. The molecule has 1 fully saturated rings. The molecule has 1 aliphatic rings. The van der Waals surface area contributed by atoms with Gasteiger partial charge in [-0.2, -0.15) is 0 Å². The van der Waals surface area contributed by atoms with Crippen molar-refractivity contribution in [3.05, 3.63) is 0 Å². The lowest BCUT2D eigenvalue weighted by Gasteiger charge is -2.29. The summed E-state index contributed by atoms with van der Waals surface area (Å²) in [6.45, 7) is 5.49. The Morgan fingerprint density at radius 3 is 2.68 bits per heavy atom. The van der Waals surface area contributed by atoms with E-state index in [-0.39, 0.29) is 23.9 Å². The van der Waals surface area contributed by atoms with Gasteiger partial charge in [0.15, 0.2) is 0 Å². The normalized spacial score (nSPS) is 20.1. The van der Waals surface area contributed by atoms with Crippen LogP contribution in [0.1, 0.15) is 46.0 Å². The summed E-state index contributed by atoms with van der Waals surface area (Å²) in [5.41, 5.74) is 0. The molecule has 0 aromatic rings. The maximum atomic E-state index is 12.3. The summed E-state index contributed by atoms with van der Waals surface area (Å²) in [6.07, 6.45) is 4.62. The molecule has 2 amide bonds. The number of hydrogen-bond acceptors (Lipinski definition) is 3. The second kappa shape index (κ2) is 8.15. The van der Waals surface area contributed by atoms with Gasteiger partial charge in [-0.3, -0.25) is 9.59 Å². The molecule has 2 N–H and O–H groups in total. The number of likely N-dealkylation sites (N-methyl/N-ethyl adjacent to an activating group) is 2. The van der Waals surface area contributed by atoms with E-state index in [2.05, 4.69) is 17.6 Å². The molecule has 0 spiro atoms. The summed E-state index contributed by atoms with van der Waals surface area (Å²) in [7, 11) is 1.75. The lowest BCUT2D eigenvalue weighted by atomic mass is 10.1. The summed E-state index contributed by atoms with van der Waals surface area (Å²) in [6, 6.07) is -0.446. The van der Waals surface area contributed by atoms with Crippen molar-refractivity contribution in [3.8, 4) is 0 Å². The van der Waals surface area contributed by atoms with E-state index < -0.39 is 0 Å². The average molecular weight is 269 g/mol. The molecule has 1 heterocycles. The Bertz CT molecular complexity index is 301. The SMILES string of the molecule is CCCC[C@H](C(=O)NCC)N(C)C(=O)[C@@H]1CCCN1. The fraction of sp³-hybridized carbons (Fsp3) is 0.857. The van der Waals surface area contributed by atoms with Crippen molar-refractivity contribution < 1.29 is 9.59 Å². The monoisotopic (exact) mass is 269 g/mol. The van der Waals surface area contributed by atoms with Gasteiger partial charge < -0.3 is 15.5 Å². The fourth-order valence-electron chi connectivity index (χ4n) is 2.48. The van der Waals surface area contributed by atoms with Crippen LogP contribution in [-0.4, -0.2) is 48.9 Å². The van der Waals surface area contributed by atoms with Crippen LogP contribution in [0.3, 0.4) is 0 Å². The molecule has 2 atom stereocenters. The van der Waals surface area contributed by atoms with Crippen molar-refractivity contribution in [3.63, 3.8) is 0 Å². The summed E-state index contributed by atoms with van der Waals surface area (Å²) in [5, 5.41) is 6.02. The average Bonchev–Trinajstić information content (AvgIpc) is 2.92. The molecule has 0 saturated carbocycles. The molecule has 1 saturated heterocycles. The van der Waals surface area contributed by atoms with Crippen LogP contribution in [0, 0.1) is 0 Å². The number of carbonyl (C=O) groups is 2. The van der Waals surface area contributed by atoms with Gasteiger partial charge in [0.25, 0.3) is 0 Å². The molecule has 1 rings (SSSR count). The molecule has 110 valence electrons. The van der Waals surface area contributed by atoms with Crippen LogP contribution < -0.4 is 10.6 Å². The molecule has 19 heavy (non-hydrogen) atoms. The van der Waals surface area contributed by atoms with Gasteiger partial charge in [-0.15, -0.1) is 0 Å². The van der Waals surface area contributed by atoms with Gasteiger partial charge >= 0.3 is 0 Å². The van der Waals surface area contributed by atoms with Crippen molar-refractivity contribution in [2.75, 3.05) is 20.1 Å². The van der Waals surface area contributed by atoms with Gasteiger partial charge in [0.05, 0.1) is 6.04 Å². The van der Waals surface area contributed by atoms with E-state index in [1.807, 2.05) is 6.92 Å². The maximum absolute atomic E-state index is 12.3. The van der Waals surface area contributed by atoms with Crippen LogP contribution in [0.25, 0.3) is 0 Å². The number of unbranched alkanes of at least 4 members (excludes halogenated alkanes) is 1. The molecule has 5 heteroatoms. The Balaban J connectivity index is 2.65. The number of nitrogens with one attached hydrogen (secondary N) is 2. The van der Waals surface area contributed by atoms with E-state index in [1.165, 1.54) is 0 Å². The second-order valence-electron chi connectivity index (χ2n) is 5.15. The first-order chi connectivity index (χ1) is 9.11. The fourth-order valence-corrected chi connectivity index (χ4v) is 2.48. The zero-order valence-corrected chi connectivity index (χ0v) is 12.4. The van der Waals surface area contributed by atoms with E-state index >= 15 is 0 Å². The molecular weight excluding hydrogens is 242 g/mol. The molecule has 0 aliphatic carbocycles. The van der Waals surface area contributed by atoms with E-state index in [9.17, 15) is 9.59 Å². The molecule has 0 bridgehead atoms. The van der Waals surface area contributed by atoms with E-state index in [0.717, 1.165) is 38.6 Å². The van der Waals surface area contributed by atoms with Gasteiger partial charge in [0, 0.05) is 13.6 Å². The number of rotatable bonds is 7. The highest BCUT2D eigenvalue weighted by atomic mass is 16.2. The Morgan fingerprint density at radius 2 is 2.16 bits per heavy atom. The molecule has 0 radical (unpaired) electrons. The lowest BCUT2D eigenvalue weighted by molar-refractivity contribution is -0.140. The quantitative estimate of drug-likeness (QED) is 0.721. The topological polar surface area (TPSA) is 61.4 Å². The standard InChI is InChI=1S/C14H27N3O2/c1-4-6-9-12(13(18)15-5-2)17(3)14(19)11-8-7-10-16-11/h11-12,16H,4-10H2,1-3H3,(H,15,18)/t11-,12+/m0/s1. The van der Waals surface area contributed by atoms with Gasteiger partial charge in [0.1, 0.15) is 6.04 Å². The molecule has 5 nitrogen and oxygen atoms in total. The number of carbonyl (C=O) groups excluding carboxylic acids is 2. The maximum Gasteiger partial charge on any atom is 0.242 e. The van der Waals surface area contributed by atoms with Gasteiger partial charge in [0.2, 0.25) is 11.8 Å². The Morgan fingerprint density at radius 1 is 1.42 bits per heavy atom. The highest BCUT2D eigenvalue weighted by Crippen LogP contribution is 2.13. The van der Waals surface area contributed by atoms with Crippen molar-refractivity contribution in [2.24, 2.45) is 0 Å². The van der Waals surface area contributed by atoms with Crippen LogP contribution in [-0.2, 0) is 9.59 Å². The van der Waals surface area contributed by atoms with Crippen LogP contribution in [0.5, 0.6) is 0 Å². The van der Waals surface area contributed by atoms with Crippen molar-refractivity contribution in [2.45, 2.75) is 58.0 Å². The zero-order valence-electron chi connectivity index (χ0n) is 12.4. The largest absolute Gasteiger partial charge is 0.355 e. The zero-order chi connectivity index (χ0) is 14.3. The van der Waals surface area contributed by atoms with Crippen LogP contribution >= 0.6 is 0 Å². The molecule has 0 unspecified atom stereocenters. The summed E-state index contributed by atoms with van der Waals surface area (Å²) >= 11 is 0. The highest BCUT2D eigenvalue weighted by molar-refractivity contribution is 5.89. The van der Waals surface area contributed by atoms with E-state index in [4.69, 9.17) is 0 Å². The minimum absolute atomic E-state index is 0.0372. The second-order valence-corrected chi connectivity index (χ2v) is 5.15. The third-order valence-corrected chi connectivity index (χ3v) is 3.66.